The lowest BCUT2D eigenvalue weighted by Gasteiger charge is -2.33. The number of nitrogens with zero attached hydrogens (tertiary/aromatic N) is 2. The van der Waals surface area contributed by atoms with Crippen LogP contribution in [0.15, 0.2) is 54.6 Å². The van der Waals surface area contributed by atoms with Crippen LogP contribution in [0.25, 0.3) is 0 Å². The fourth-order valence-corrected chi connectivity index (χ4v) is 4.00. The summed E-state index contributed by atoms with van der Waals surface area (Å²) < 4.78 is 5.81. The summed E-state index contributed by atoms with van der Waals surface area (Å²) in [5.41, 5.74) is 2.79. The van der Waals surface area contributed by atoms with E-state index in [0.29, 0.717) is 13.2 Å². The van der Waals surface area contributed by atoms with E-state index in [-0.39, 0.29) is 5.54 Å². The van der Waals surface area contributed by atoms with Gasteiger partial charge in [-0.1, -0.05) is 42.5 Å². The summed E-state index contributed by atoms with van der Waals surface area (Å²) >= 11 is 0. The maximum atomic E-state index is 10.3. The minimum Gasteiger partial charge on any atom is -0.491 e. The quantitative estimate of drug-likeness (QED) is 0.683. The van der Waals surface area contributed by atoms with E-state index in [4.69, 9.17) is 4.74 Å². The molecule has 4 rings (SSSR count). The van der Waals surface area contributed by atoms with Crippen molar-refractivity contribution in [2.75, 3.05) is 46.4 Å². The minimum absolute atomic E-state index is 0.157. The van der Waals surface area contributed by atoms with Gasteiger partial charge in [-0.2, -0.15) is 0 Å². The Morgan fingerprint density at radius 1 is 1.00 bits per heavy atom. The first-order valence-corrected chi connectivity index (χ1v) is 10.7. The Hall–Kier alpha value is -1.92. The van der Waals surface area contributed by atoms with Gasteiger partial charge in [0.15, 0.2) is 0 Å². The molecule has 1 aliphatic heterocycles. The van der Waals surface area contributed by atoms with Gasteiger partial charge in [0.25, 0.3) is 0 Å². The highest BCUT2D eigenvalue weighted by molar-refractivity contribution is 5.31. The maximum absolute atomic E-state index is 10.3. The standard InChI is InChI=1S/C24H33N3O2/c1-26-13-15-27(16-14-26)18-22(28)19-29-23-9-7-20(8-10-23)17-25-24(11-12-24)21-5-3-2-4-6-21/h2-10,22,25,28H,11-19H2,1H3/t22-/m1/s1. The molecule has 0 aromatic heterocycles. The molecule has 156 valence electrons. The first-order valence-electron chi connectivity index (χ1n) is 10.7. The predicted molar refractivity (Wildman–Crippen MR) is 116 cm³/mol. The third-order valence-electron chi connectivity index (χ3n) is 6.14. The number of nitrogens with one attached hydrogen (secondary N) is 1. The van der Waals surface area contributed by atoms with E-state index < -0.39 is 6.10 Å². The Morgan fingerprint density at radius 3 is 2.34 bits per heavy atom. The summed E-state index contributed by atoms with van der Waals surface area (Å²) in [7, 11) is 2.14. The van der Waals surface area contributed by atoms with Crippen molar-refractivity contribution in [3.05, 3.63) is 65.7 Å². The fraction of sp³-hybridized carbons (Fsp3) is 0.500. The Balaban J connectivity index is 1.20. The van der Waals surface area contributed by atoms with Crippen molar-refractivity contribution in [1.82, 2.24) is 15.1 Å². The zero-order valence-electron chi connectivity index (χ0n) is 17.4. The number of rotatable bonds is 9. The van der Waals surface area contributed by atoms with Crippen molar-refractivity contribution >= 4 is 0 Å². The molecule has 1 atom stereocenters. The molecule has 29 heavy (non-hydrogen) atoms. The molecule has 2 aromatic carbocycles. The van der Waals surface area contributed by atoms with Gasteiger partial charge in [-0.05, 0) is 43.1 Å². The third kappa shape index (κ3) is 5.58. The van der Waals surface area contributed by atoms with Crippen LogP contribution in [-0.4, -0.2) is 67.4 Å². The van der Waals surface area contributed by atoms with Crippen LogP contribution < -0.4 is 10.1 Å². The molecule has 0 radical (unpaired) electrons. The Kier molecular flexibility index (Phi) is 6.50. The molecule has 1 saturated heterocycles. The van der Waals surface area contributed by atoms with Crippen LogP contribution in [0.1, 0.15) is 24.0 Å². The second kappa shape index (κ2) is 9.26. The first kappa shape index (κ1) is 20.4. The zero-order valence-corrected chi connectivity index (χ0v) is 17.4. The van der Waals surface area contributed by atoms with Crippen molar-refractivity contribution in [2.45, 2.75) is 31.0 Å². The SMILES string of the molecule is CN1CCN(C[C@@H](O)COc2ccc(CNC3(c4ccccc4)CC3)cc2)CC1. The molecule has 1 heterocycles. The Labute approximate surface area is 174 Å². The fourth-order valence-electron chi connectivity index (χ4n) is 4.00. The lowest BCUT2D eigenvalue weighted by atomic mass is 10.0. The Morgan fingerprint density at radius 2 is 1.69 bits per heavy atom. The van der Waals surface area contributed by atoms with Crippen LogP contribution in [-0.2, 0) is 12.1 Å². The van der Waals surface area contributed by atoms with E-state index >= 15 is 0 Å². The molecule has 0 bridgehead atoms. The van der Waals surface area contributed by atoms with Crippen molar-refractivity contribution in [2.24, 2.45) is 0 Å². The van der Waals surface area contributed by atoms with Gasteiger partial charge in [0.05, 0.1) is 0 Å². The van der Waals surface area contributed by atoms with E-state index in [9.17, 15) is 5.11 Å². The van der Waals surface area contributed by atoms with Gasteiger partial charge < -0.3 is 20.1 Å². The van der Waals surface area contributed by atoms with Gasteiger partial charge in [0.1, 0.15) is 18.5 Å². The number of aliphatic hydroxyl groups excluding tert-OH is 1. The summed E-state index contributed by atoms with van der Waals surface area (Å²) in [5.74, 6) is 0.815. The molecular formula is C24H33N3O2. The third-order valence-corrected chi connectivity index (χ3v) is 6.14. The highest BCUT2D eigenvalue weighted by atomic mass is 16.5. The lowest BCUT2D eigenvalue weighted by Crippen LogP contribution is -2.47. The van der Waals surface area contributed by atoms with Gasteiger partial charge in [0, 0.05) is 44.8 Å². The summed E-state index contributed by atoms with van der Waals surface area (Å²) in [6.45, 7) is 6.02. The van der Waals surface area contributed by atoms with Gasteiger partial charge in [-0.15, -0.1) is 0 Å². The van der Waals surface area contributed by atoms with Crippen molar-refractivity contribution in [3.8, 4) is 5.75 Å². The molecule has 0 amide bonds. The van der Waals surface area contributed by atoms with Crippen LogP contribution >= 0.6 is 0 Å². The average Bonchev–Trinajstić information content (AvgIpc) is 3.55. The molecule has 0 unspecified atom stereocenters. The lowest BCUT2D eigenvalue weighted by molar-refractivity contribution is 0.0505. The summed E-state index contributed by atoms with van der Waals surface area (Å²) in [6, 6.07) is 18.9. The molecule has 2 N–H and O–H groups in total. The number of aliphatic hydroxyl groups is 1. The van der Waals surface area contributed by atoms with Crippen molar-refractivity contribution in [3.63, 3.8) is 0 Å². The van der Waals surface area contributed by atoms with E-state index in [1.165, 1.54) is 24.0 Å². The zero-order chi connectivity index (χ0) is 20.1. The average molecular weight is 396 g/mol. The van der Waals surface area contributed by atoms with E-state index in [1.54, 1.807) is 0 Å². The van der Waals surface area contributed by atoms with E-state index in [2.05, 4.69) is 64.6 Å². The topological polar surface area (TPSA) is 48.0 Å². The van der Waals surface area contributed by atoms with E-state index in [1.807, 2.05) is 12.1 Å². The largest absolute Gasteiger partial charge is 0.491 e. The van der Waals surface area contributed by atoms with Gasteiger partial charge in [0.2, 0.25) is 0 Å². The molecule has 0 spiro atoms. The number of hydrogen-bond donors (Lipinski definition) is 2. The highest BCUT2D eigenvalue weighted by Crippen LogP contribution is 2.45. The van der Waals surface area contributed by atoms with E-state index in [0.717, 1.165) is 38.5 Å². The van der Waals surface area contributed by atoms with Crippen LogP contribution in [0.5, 0.6) is 5.75 Å². The molecule has 5 nitrogen and oxygen atoms in total. The maximum Gasteiger partial charge on any atom is 0.119 e. The van der Waals surface area contributed by atoms with Gasteiger partial charge in [-0.3, -0.25) is 4.90 Å². The van der Waals surface area contributed by atoms with Crippen LogP contribution in [0, 0.1) is 0 Å². The molecule has 5 heteroatoms. The number of piperazine rings is 1. The van der Waals surface area contributed by atoms with Crippen molar-refractivity contribution in [1.29, 1.82) is 0 Å². The minimum atomic E-state index is -0.458. The monoisotopic (exact) mass is 395 g/mol. The number of benzene rings is 2. The second-order valence-electron chi connectivity index (χ2n) is 8.51. The van der Waals surface area contributed by atoms with Crippen LogP contribution in [0.2, 0.25) is 0 Å². The number of ether oxygens (including phenoxy) is 1. The second-order valence-corrected chi connectivity index (χ2v) is 8.51. The molecule has 1 aliphatic carbocycles. The van der Waals surface area contributed by atoms with Gasteiger partial charge in [-0.25, -0.2) is 0 Å². The number of β-amino-alcohol motifs (C(OH)–C–C–N with tert-alkyl or cyclic N) is 1. The summed E-state index contributed by atoms with van der Waals surface area (Å²) in [6.07, 6.45) is 1.94. The molecule has 1 saturated carbocycles. The van der Waals surface area contributed by atoms with Gasteiger partial charge >= 0.3 is 0 Å². The van der Waals surface area contributed by atoms with Crippen LogP contribution in [0.4, 0.5) is 0 Å². The number of hydrogen-bond acceptors (Lipinski definition) is 5. The normalized spacial score (nSPS) is 20.3. The summed E-state index contributed by atoms with van der Waals surface area (Å²) in [4.78, 5) is 4.63. The molecular weight excluding hydrogens is 362 g/mol. The van der Waals surface area contributed by atoms with Crippen molar-refractivity contribution < 1.29 is 9.84 Å². The summed E-state index contributed by atoms with van der Waals surface area (Å²) in [5, 5.41) is 14.0. The first-order chi connectivity index (χ1) is 14.1. The molecule has 2 fully saturated rings. The molecule has 2 aliphatic rings. The predicted octanol–water partition coefficient (Wildman–Crippen LogP) is 2.45. The molecule has 2 aromatic rings. The number of likely N-dealkylation sites (N-methyl/N-ethyl adjacent to an activating group) is 1. The highest BCUT2D eigenvalue weighted by Gasteiger charge is 2.43. The van der Waals surface area contributed by atoms with Crippen LogP contribution in [0.3, 0.4) is 0 Å². The Bertz CT molecular complexity index is 753. The smallest absolute Gasteiger partial charge is 0.119 e.